The minimum Gasteiger partial charge on any atom is -0.381 e. The fourth-order valence-corrected chi connectivity index (χ4v) is 2.29. The monoisotopic (exact) mass is 377 g/mol. The first-order valence-corrected chi connectivity index (χ1v) is 6.69. The molecule has 0 saturated carbocycles. The average Bonchev–Trinajstić information content (AvgIpc) is 2.36. The molecule has 1 nitrogen and oxygen atoms in total. The van der Waals surface area contributed by atoms with E-state index < -0.39 is 11.7 Å². The molecule has 0 unspecified atom stereocenters. The first-order valence-electron chi connectivity index (χ1n) is 5.61. The highest BCUT2D eigenvalue weighted by atomic mass is 127. The zero-order valence-electron chi connectivity index (χ0n) is 9.84. The molecule has 0 atom stereocenters. The first kappa shape index (κ1) is 14.2. The second-order valence-corrected chi connectivity index (χ2v) is 5.26. The van der Waals surface area contributed by atoms with Crippen LogP contribution in [0.1, 0.15) is 11.1 Å². The highest BCUT2D eigenvalue weighted by Gasteiger charge is 2.32. The lowest BCUT2D eigenvalue weighted by Crippen LogP contribution is -2.11. The Morgan fingerprint density at radius 2 is 1.74 bits per heavy atom. The Morgan fingerprint density at radius 3 is 2.42 bits per heavy atom. The summed E-state index contributed by atoms with van der Waals surface area (Å²) in [5.74, 6) is 0. The van der Waals surface area contributed by atoms with E-state index in [1.807, 2.05) is 24.3 Å². The Bertz CT molecular complexity index is 567. The molecule has 0 aliphatic rings. The molecule has 2 aromatic rings. The van der Waals surface area contributed by atoms with Crippen LogP contribution in [-0.2, 0) is 12.7 Å². The van der Waals surface area contributed by atoms with Crippen molar-refractivity contribution in [2.45, 2.75) is 12.7 Å². The van der Waals surface area contributed by atoms with Crippen LogP contribution in [0, 0.1) is 3.57 Å². The molecule has 0 saturated heterocycles. The van der Waals surface area contributed by atoms with Gasteiger partial charge in [0.25, 0.3) is 0 Å². The quantitative estimate of drug-likeness (QED) is 0.749. The molecule has 0 aliphatic carbocycles. The van der Waals surface area contributed by atoms with Gasteiger partial charge in [-0.2, -0.15) is 13.2 Å². The molecule has 0 aliphatic heterocycles. The molecule has 0 heterocycles. The molecule has 100 valence electrons. The van der Waals surface area contributed by atoms with Gasteiger partial charge in [0.05, 0.1) is 5.56 Å². The van der Waals surface area contributed by atoms with Crippen LogP contribution in [0.4, 0.5) is 18.9 Å². The van der Waals surface area contributed by atoms with E-state index in [2.05, 4.69) is 27.9 Å². The Kier molecular flexibility index (Phi) is 4.34. The van der Waals surface area contributed by atoms with Crippen molar-refractivity contribution in [1.29, 1.82) is 0 Å². The number of hydrogen-bond acceptors (Lipinski definition) is 1. The predicted molar refractivity (Wildman–Crippen MR) is 77.9 cm³/mol. The molecule has 0 bridgehead atoms. The van der Waals surface area contributed by atoms with Crippen LogP contribution in [0.2, 0.25) is 0 Å². The maximum absolute atomic E-state index is 12.8. The predicted octanol–water partition coefficient (Wildman–Crippen LogP) is 4.92. The lowest BCUT2D eigenvalue weighted by molar-refractivity contribution is -0.138. The first-order chi connectivity index (χ1) is 8.97. The van der Waals surface area contributed by atoms with Gasteiger partial charge in [0, 0.05) is 15.8 Å². The van der Waals surface area contributed by atoms with Crippen molar-refractivity contribution in [2.75, 3.05) is 5.32 Å². The van der Waals surface area contributed by atoms with Crippen molar-refractivity contribution >= 4 is 28.3 Å². The minimum atomic E-state index is -4.32. The third-order valence-electron chi connectivity index (χ3n) is 2.63. The second kappa shape index (κ2) is 5.81. The molecule has 1 N–H and O–H groups in total. The number of benzene rings is 2. The maximum atomic E-state index is 12.8. The summed E-state index contributed by atoms with van der Waals surface area (Å²) in [5.41, 5.74) is 0.464. The largest absolute Gasteiger partial charge is 0.416 e. The summed E-state index contributed by atoms with van der Waals surface area (Å²) in [6, 6.07) is 13.1. The Balaban J connectivity index is 2.16. The fraction of sp³-hybridized carbons (Fsp3) is 0.143. The number of anilines is 1. The van der Waals surface area contributed by atoms with Crippen molar-refractivity contribution in [3.05, 3.63) is 63.2 Å². The Labute approximate surface area is 123 Å². The Hall–Kier alpha value is -1.24. The number of rotatable bonds is 3. The fourth-order valence-electron chi connectivity index (χ4n) is 1.75. The van der Waals surface area contributed by atoms with Crippen LogP contribution >= 0.6 is 22.6 Å². The number of halogens is 4. The van der Waals surface area contributed by atoms with Gasteiger partial charge in [-0.3, -0.25) is 0 Å². The standard InChI is InChI=1S/C14H11F3IN/c15-14(16,17)13-7-2-1-4-10(13)9-19-12-6-3-5-11(18)8-12/h1-8,19H,9H2. The summed E-state index contributed by atoms with van der Waals surface area (Å²) in [7, 11) is 0. The zero-order chi connectivity index (χ0) is 13.9. The van der Waals surface area contributed by atoms with Crippen LogP contribution in [-0.4, -0.2) is 0 Å². The highest BCUT2D eigenvalue weighted by Crippen LogP contribution is 2.32. The molecule has 5 heteroatoms. The van der Waals surface area contributed by atoms with Crippen molar-refractivity contribution < 1.29 is 13.2 Å². The number of alkyl halides is 3. The van der Waals surface area contributed by atoms with Gasteiger partial charge in [0.15, 0.2) is 0 Å². The SMILES string of the molecule is FC(F)(F)c1ccccc1CNc1cccc(I)c1. The van der Waals surface area contributed by atoms with E-state index in [4.69, 9.17) is 0 Å². The third-order valence-corrected chi connectivity index (χ3v) is 3.30. The number of nitrogens with one attached hydrogen (secondary N) is 1. The van der Waals surface area contributed by atoms with Gasteiger partial charge < -0.3 is 5.32 Å². The summed E-state index contributed by atoms with van der Waals surface area (Å²) >= 11 is 2.16. The summed E-state index contributed by atoms with van der Waals surface area (Å²) in [6.45, 7) is 0.149. The van der Waals surface area contributed by atoms with Gasteiger partial charge >= 0.3 is 6.18 Å². The molecule has 0 spiro atoms. The lowest BCUT2D eigenvalue weighted by Gasteiger charge is -2.14. The van der Waals surface area contributed by atoms with Crippen LogP contribution in [0.25, 0.3) is 0 Å². The van der Waals surface area contributed by atoms with Gasteiger partial charge in [-0.05, 0) is 52.4 Å². The molecule has 2 aromatic carbocycles. The summed E-state index contributed by atoms with van der Waals surface area (Å²) in [6.07, 6.45) is -4.32. The smallest absolute Gasteiger partial charge is 0.381 e. The van der Waals surface area contributed by atoms with E-state index in [-0.39, 0.29) is 12.1 Å². The van der Waals surface area contributed by atoms with E-state index in [0.29, 0.717) is 0 Å². The second-order valence-electron chi connectivity index (χ2n) is 4.02. The summed E-state index contributed by atoms with van der Waals surface area (Å²) in [4.78, 5) is 0. The van der Waals surface area contributed by atoms with Gasteiger partial charge in [-0.25, -0.2) is 0 Å². The Morgan fingerprint density at radius 1 is 1.00 bits per heavy atom. The maximum Gasteiger partial charge on any atom is 0.416 e. The normalized spacial score (nSPS) is 11.4. The highest BCUT2D eigenvalue weighted by molar-refractivity contribution is 14.1. The van der Waals surface area contributed by atoms with Crippen molar-refractivity contribution in [3.63, 3.8) is 0 Å². The van der Waals surface area contributed by atoms with Crippen LogP contribution < -0.4 is 5.32 Å². The van der Waals surface area contributed by atoms with E-state index in [0.717, 1.165) is 15.3 Å². The summed E-state index contributed by atoms with van der Waals surface area (Å²) in [5, 5.41) is 3.01. The van der Waals surface area contributed by atoms with Crippen LogP contribution in [0.5, 0.6) is 0 Å². The molecule has 0 radical (unpaired) electrons. The van der Waals surface area contributed by atoms with Crippen LogP contribution in [0.3, 0.4) is 0 Å². The van der Waals surface area contributed by atoms with Crippen LogP contribution in [0.15, 0.2) is 48.5 Å². The third kappa shape index (κ3) is 3.86. The van der Waals surface area contributed by atoms with Crippen molar-refractivity contribution in [3.8, 4) is 0 Å². The molecule has 0 fully saturated rings. The molecule has 19 heavy (non-hydrogen) atoms. The molecular formula is C14H11F3IN. The van der Waals surface area contributed by atoms with Gasteiger partial charge in [0.1, 0.15) is 0 Å². The number of hydrogen-bond donors (Lipinski definition) is 1. The van der Waals surface area contributed by atoms with E-state index in [1.165, 1.54) is 12.1 Å². The molecule has 0 amide bonds. The molecule has 0 aromatic heterocycles. The molecule has 2 rings (SSSR count). The van der Waals surface area contributed by atoms with Gasteiger partial charge in [-0.1, -0.05) is 24.3 Å². The topological polar surface area (TPSA) is 12.0 Å². The summed E-state index contributed by atoms with van der Waals surface area (Å²) < 4.78 is 39.5. The minimum absolute atomic E-state index is 0.149. The van der Waals surface area contributed by atoms with E-state index in [9.17, 15) is 13.2 Å². The average molecular weight is 377 g/mol. The van der Waals surface area contributed by atoms with E-state index in [1.54, 1.807) is 6.07 Å². The zero-order valence-corrected chi connectivity index (χ0v) is 12.0. The van der Waals surface area contributed by atoms with Crippen molar-refractivity contribution in [1.82, 2.24) is 0 Å². The van der Waals surface area contributed by atoms with E-state index >= 15 is 0 Å². The molecular weight excluding hydrogens is 366 g/mol. The van der Waals surface area contributed by atoms with Crippen molar-refractivity contribution in [2.24, 2.45) is 0 Å². The lowest BCUT2D eigenvalue weighted by atomic mass is 10.1. The van der Waals surface area contributed by atoms with Gasteiger partial charge in [0.2, 0.25) is 0 Å². The van der Waals surface area contributed by atoms with Gasteiger partial charge in [-0.15, -0.1) is 0 Å².